The van der Waals surface area contributed by atoms with Crippen molar-refractivity contribution >= 4 is 35.0 Å². The molecule has 254 valence electrons. The molecule has 0 N–H and O–H groups in total. The number of carbonyl (C=O) groups is 2. The molecule has 4 aromatic carbocycles. The maximum Gasteiger partial charge on any atom is 0.338 e. The molecule has 0 saturated heterocycles. The number of nitrogens with zero attached hydrogens (tertiary/aromatic N) is 2. The molecule has 0 aliphatic carbocycles. The Morgan fingerprint density at radius 1 is 0.780 bits per heavy atom. The van der Waals surface area contributed by atoms with E-state index in [4.69, 9.17) is 23.9 Å². The van der Waals surface area contributed by atoms with Crippen molar-refractivity contribution in [1.29, 1.82) is 0 Å². The second kappa shape index (κ2) is 15.7. The summed E-state index contributed by atoms with van der Waals surface area (Å²) in [6.45, 7) is 6.72. The number of benzene rings is 4. The topological polar surface area (TPSA) is 105 Å². The van der Waals surface area contributed by atoms with Crippen LogP contribution >= 0.6 is 11.3 Å². The maximum atomic E-state index is 14.3. The summed E-state index contributed by atoms with van der Waals surface area (Å²) in [5.41, 5.74) is 4.05. The summed E-state index contributed by atoms with van der Waals surface area (Å²) in [5.74, 6) is 0.398. The Morgan fingerprint density at radius 2 is 1.50 bits per heavy atom. The van der Waals surface area contributed by atoms with Gasteiger partial charge in [0, 0.05) is 5.56 Å². The lowest BCUT2D eigenvalue weighted by Crippen LogP contribution is -2.40. The number of hydrogen-bond donors (Lipinski definition) is 0. The molecule has 2 heterocycles. The predicted molar refractivity (Wildman–Crippen MR) is 192 cm³/mol. The van der Waals surface area contributed by atoms with Crippen molar-refractivity contribution in [3.63, 3.8) is 0 Å². The van der Waals surface area contributed by atoms with E-state index >= 15 is 0 Å². The van der Waals surface area contributed by atoms with Crippen molar-refractivity contribution in [3.8, 4) is 11.5 Å². The van der Waals surface area contributed by atoms with Crippen LogP contribution in [0.25, 0.3) is 11.8 Å². The summed E-state index contributed by atoms with van der Waals surface area (Å²) in [5, 5.41) is 0. The van der Waals surface area contributed by atoms with E-state index in [1.54, 1.807) is 36.6 Å². The molecule has 1 aliphatic rings. The number of thiazole rings is 1. The van der Waals surface area contributed by atoms with Crippen LogP contribution in [0.1, 0.15) is 59.4 Å². The van der Waals surface area contributed by atoms with Crippen LogP contribution in [0.2, 0.25) is 0 Å². The smallest absolute Gasteiger partial charge is 0.338 e. The van der Waals surface area contributed by atoms with Gasteiger partial charge in [-0.05, 0) is 79.9 Å². The van der Waals surface area contributed by atoms with Gasteiger partial charge in [0.2, 0.25) is 0 Å². The van der Waals surface area contributed by atoms with Gasteiger partial charge in [-0.3, -0.25) is 9.36 Å². The fraction of sp³-hybridized carbons (Fsp3) is 0.200. The molecule has 0 spiro atoms. The minimum atomic E-state index is -0.789. The van der Waals surface area contributed by atoms with Gasteiger partial charge in [0.05, 0.1) is 47.2 Å². The van der Waals surface area contributed by atoms with Crippen LogP contribution in [0.3, 0.4) is 0 Å². The number of fused-ring (bicyclic) bond motifs is 1. The summed E-state index contributed by atoms with van der Waals surface area (Å²) in [4.78, 5) is 45.3. The first kappa shape index (κ1) is 34.1. The largest absolute Gasteiger partial charge is 0.494 e. The highest BCUT2D eigenvalue weighted by Crippen LogP contribution is 2.35. The van der Waals surface area contributed by atoms with Crippen molar-refractivity contribution in [2.45, 2.75) is 33.4 Å². The molecule has 10 heteroatoms. The van der Waals surface area contributed by atoms with Crippen molar-refractivity contribution in [2.24, 2.45) is 4.99 Å². The Labute approximate surface area is 293 Å². The first-order valence-corrected chi connectivity index (χ1v) is 17.2. The van der Waals surface area contributed by atoms with Gasteiger partial charge in [0.15, 0.2) is 4.80 Å². The number of carbonyl (C=O) groups excluding carboxylic acids is 2. The molecule has 1 aromatic heterocycles. The molecule has 1 atom stereocenters. The molecule has 0 unspecified atom stereocenters. The predicted octanol–water partition coefficient (Wildman–Crippen LogP) is 6.09. The van der Waals surface area contributed by atoms with Gasteiger partial charge in [-0.2, -0.15) is 0 Å². The van der Waals surface area contributed by atoms with Crippen LogP contribution in [-0.2, 0) is 20.9 Å². The average molecular weight is 689 g/mol. The van der Waals surface area contributed by atoms with E-state index < -0.39 is 12.0 Å². The number of rotatable bonds is 12. The normalized spacial score (nSPS) is 14.1. The lowest BCUT2D eigenvalue weighted by Gasteiger charge is -2.26. The Hall–Kier alpha value is -5.74. The van der Waals surface area contributed by atoms with Crippen LogP contribution in [-0.4, -0.2) is 36.3 Å². The third kappa shape index (κ3) is 7.45. The van der Waals surface area contributed by atoms with Gasteiger partial charge in [-0.1, -0.05) is 78.1 Å². The van der Waals surface area contributed by atoms with E-state index in [-0.39, 0.29) is 30.3 Å². The zero-order chi connectivity index (χ0) is 35.0. The molecule has 0 bridgehead atoms. The zero-order valence-electron chi connectivity index (χ0n) is 28.0. The van der Waals surface area contributed by atoms with Gasteiger partial charge >= 0.3 is 11.9 Å². The van der Waals surface area contributed by atoms with Gasteiger partial charge in [0.1, 0.15) is 18.1 Å². The van der Waals surface area contributed by atoms with Crippen LogP contribution < -0.4 is 24.4 Å². The highest BCUT2D eigenvalue weighted by molar-refractivity contribution is 7.07. The third-order valence-corrected chi connectivity index (χ3v) is 8.89. The van der Waals surface area contributed by atoms with E-state index in [0.29, 0.717) is 45.3 Å². The van der Waals surface area contributed by atoms with Crippen LogP contribution in [0.5, 0.6) is 11.5 Å². The van der Waals surface area contributed by atoms with E-state index in [2.05, 4.69) is 0 Å². The summed E-state index contributed by atoms with van der Waals surface area (Å²) in [6.07, 6.45) is 1.80. The molecule has 6 rings (SSSR count). The Bertz CT molecular complexity index is 2200. The van der Waals surface area contributed by atoms with E-state index in [1.165, 1.54) is 11.3 Å². The monoisotopic (exact) mass is 688 g/mol. The molecule has 9 nitrogen and oxygen atoms in total. The molecular weight excluding hydrogens is 653 g/mol. The molecule has 0 radical (unpaired) electrons. The first-order valence-electron chi connectivity index (χ1n) is 16.4. The van der Waals surface area contributed by atoms with Crippen molar-refractivity contribution < 1.29 is 28.5 Å². The fourth-order valence-electron chi connectivity index (χ4n) is 5.63. The minimum Gasteiger partial charge on any atom is -0.494 e. The molecule has 0 saturated carbocycles. The second-order valence-corrected chi connectivity index (χ2v) is 12.2. The summed E-state index contributed by atoms with van der Waals surface area (Å²) in [6, 6.07) is 30.6. The standard InChI is InChI=1S/C40H36N2O7S/c1-4-46-31-21-19-29(20-22-31)36-34(39(45)48-6-3)35(28-12-8-7-9-13-28)41-40-42(36)37(43)33(50-40)24-27-11-10-14-32(23-27)49-25-26-15-17-30(18-16-26)38(44)47-5-2/h7-24,36H,4-6,25H2,1-3H3/b33-24-/t36-/m0/s1. The highest BCUT2D eigenvalue weighted by atomic mass is 32.1. The maximum absolute atomic E-state index is 14.3. The fourth-order valence-corrected chi connectivity index (χ4v) is 6.63. The lowest BCUT2D eigenvalue weighted by atomic mass is 9.93. The van der Waals surface area contributed by atoms with Crippen LogP contribution in [0.4, 0.5) is 0 Å². The van der Waals surface area contributed by atoms with Gasteiger partial charge < -0.3 is 18.9 Å². The molecule has 1 aliphatic heterocycles. The number of hydrogen-bond acceptors (Lipinski definition) is 9. The minimum absolute atomic E-state index is 0.169. The Balaban J connectivity index is 1.39. The number of ether oxygens (including phenoxy) is 4. The Kier molecular flexibility index (Phi) is 10.7. The number of aromatic nitrogens is 1. The van der Waals surface area contributed by atoms with Crippen molar-refractivity contribution in [3.05, 3.63) is 156 Å². The third-order valence-electron chi connectivity index (χ3n) is 7.91. The van der Waals surface area contributed by atoms with Crippen LogP contribution in [0.15, 0.2) is 118 Å². The number of esters is 2. The van der Waals surface area contributed by atoms with E-state index in [1.807, 2.05) is 97.9 Å². The van der Waals surface area contributed by atoms with E-state index in [9.17, 15) is 14.4 Å². The van der Waals surface area contributed by atoms with Gasteiger partial charge in [-0.15, -0.1) is 0 Å². The van der Waals surface area contributed by atoms with Crippen molar-refractivity contribution in [1.82, 2.24) is 4.57 Å². The molecule has 0 amide bonds. The summed E-state index contributed by atoms with van der Waals surface area (Å²) >= 11 is 1.25. The SMILES string of the molecule is CCOC(=O)C1=C(c2ccccc2)N=c2s/c(=C\c3cccc(OCc4ccc(C(=O)OCC)cc4)c3)c(=O)n2[C@H]1c1ccc(OCC)cc1. The molecule has 5 aromatic rings. The quantitative estimate of drug-likeness (QED) is 0.146. The summed E-state index contributed by atoms with van der Waals surface area (Å²) < 4.78 is 24.4. The summed E-state index contributed by atoms with van der Waals surface area (Å²) in [7, 11) is 0. The van der Waals surface area contributed by atoms with Gasteiger partial charge in [-0.25, -0.2) is 14.6 Å². The average Bonchev–Trinajstić information content (AvgIpc) is 3.45. The molecular formula is C40H36N2O7S. The highest BCUT2D eigenvalue weighted by Gasteiger charge is 2.35. The second-order valence-electron chi connectivity index (χ2n) is 11.2. The zero-order valence-corrected chi connectivity index (χ0v) is 28.8. The first-order chi connectivity index (χ1) is 24.4. The molecule has 50 heavy (non-hydrogen) atoms. The van der Waals surface area contributed by atoms with Crippen molar-refractivity contribution in [2.75, 3.05) is 19.8 Å². The van der Waals surface area contributed by atoms with Gasteiger partial charge in [0.25, 0.3) is 5.56 Å². The lowest BCUT2D eigenvalue weighted by molar-refractivity contribution is -0.138. The molecule has 0 fully saturated rings. The Morgan fingerprint density at radius 3 is 2.20 bits per heavy atom. The van der Waals surface area contributed by atoms with E-state index in [0.717, 1.165) is 22.3 Å². The van der Waals surface area contributed by atoms with Crippen LogP contribution in [0, 0.1) is 0 Å².